The van der Waals surface area contributed by atoms with Crippen LogP contribution in [0.2, 0.25) is 0 Å². The summed E-state index contributed by atoms with van der Waals surface area (Å²) < 4.78 is 0. The van der Waals surface area contributed by atoms with E-state index in [1.807, 2.05) is 13.0 Å². The van der Waals surface area contributed by atoms with Gasteiger partial charge in [-0.15, -0.1) is 0 Å². The normalized spacial score (nSPS) is 25.2. The monoisotopic (exact) mass is 496 g/mol. The molecule has 37 heavy (non-hydrogen) atoms. The maximum Gasteiger partial charge on any atom is 0.319 e. The summed E-state index contributed by atoms with van der Waals surface area (Å²) in [6, 6.07) is 0. The van der Waals surface area contributed by atoms with Crippen molar-refractivity contribution >= 4 is 35.6 Å². The number of hydrogen-bond donors (Lipinski definition) is 5. The molecule has 1 aliphatic carbocycles. The average Bonchev–Trinajstić information content (AvgIpc) is 3.59. The number of rotatable bonds is 2. The smallest absolute Gasteiger partial charge is 0.319 e. The molecular formula is C30H32N4O3. The molecule has 0 spiro atoms. The third-order valence-electron chi connectivity index (χ3n) is 8.59. The Morgan fingerprint density at radius 3 is 2.22 bits per heavy atom. The first-order valence-electron chi connectivity index (χ1n) is 12.9. The molecule has 1 fully saturated rings. The van der Waals surface area contributed by atoms with Crippen molar-refractivity contribution in [2.75, 3.05) is 0 Å². The number of hydrogen-bond acceptors (Lipinski definition) is 3. The van der Waals surface area contributed by atoms with Gasteiger partial charge in [0.15, 0.2) is 5.78 Å². The van der Waals surface area contributed by atoms with E-state index in [9.17, 15) is 14.7 Å². The Labute approximate surface area is 215 Å². The van der Waals surface area contributed by atoms with Crippen molar-refractivity contribution in [1.29, 1.82) is 0 Å². The van der Waals surface area contributed by atoms with Gasteiger partial charge in [-0.1, -0.05) is 13.8 Å². The van der Waals surface area contributed by atoms with Crippen molar-refractivity contribution < 1.29 is 14.7 Å². The number of aromatic amines is 3. The van der Waals surface area contributed by atoms with Crippen molar-refractivity contribution in [3.63, 3.8) is 0 Å². The first kappa shape index (κ1) is 23.4. The molecule has 0 radical (unpaired) electrons. The molecule has 5 N–H and O–H groups in total. The maximum atomic E-state index is 13.5. The summed E-state index contributed by atoms with van der Waals surface area (Å²) in [6.45, 7) is 12.5. The molecule has 0 aromatic carbocycles. The van der Waals surface area contributed by atoms with Gasteiger partial charge < -0.3 is 25.4 Å². The molecule has 3 aromatic rings. The summed E-state index contributed by atoms with van der Waals surface area (Å²) in [5, 5.41) is 15.6. The van der Waals surface area contributed by atoms with Gasteiger partial charge in [-0.3, -0.25) is 9.59 Å². The molecule has 2 aliphatic heterocycles. The molecule has 2 atom stereocenters. The zero-order valence-electron chi connectivity index (χ0n) is 22.1. The van der Waals surface area contributed by atoms with Crippen LogP contribution in [0.25, 0.3) is 23.8 Å². The Bertz CT molecular complexity index is 1720. The van der Waals surface area contributed by atoms with E-state index in [0.29, 0.717) is 23.3 Å². The van der Waals surface area contributed by atoms with E-state index in [1.54, 1.807) is 0 Å². The van der Waals surface area contributed by atoms with Crippen LogP contribution in [0.3, 0.4) is 0 Å². The van der Waals surface area contributed by atoms with Crippen LogP contribution in [0.1, 0.15) is 81.2 Å². The number of aromatic nitrogens is 3. The highest BCUT2D eigenvalue weighted by molar-refractivity contribution is 6.24. The second kappa shape index (κ2) is 8.00. The summed E-state index contributed by atoms with van der Waals surface area (Å²) in [5.41, 5.74) is 12.0. The first-order valence-corrected chi connectivity index (χ1v) is 12.9. The number of ketones is 1. The number of carbonyl (C=O) groups is 2. The molecule has 7 heteroatoms. The minimum absolute atomic E-state index is 0.157. The van der Waals surface area contributed by atoms with E-state index >= 15 is 0 Å². The molecule has 0 amide bonds. The number of carbonyl (C=O) groups excluding carboxylic acids is 1. The van der Waals surface area contributed by atoms with E-state index < -0.39 is 11.9 Å². The molecule has 3 aliphatic rings. The highest BCUT2D eigenvalue weighted by Crippen LogP contribution is 2.44. The SMILES string of the molecule is CCc1c2[nH]c(c1C)/C=C1\N/C(=C3\c4[nH]c(c(C)c4C(=O)[C@@H]3C(=O)O)/C=c3\[nH]/c(c(C)c3C)=C\2)C[C@@H]1C. The van der Waals surface area contributed by atoms with Crippen molar-refractivity contribution in [3.8, 4) is 0 Å². The van der Waals surface area contributed by atoms with Crippen LogP contribution in [-0.4, -0.2) is 31.8 Å². The lowest BCUT2D eigenvalue weighted by Gasteiger charge is -2.11. The van der Waals surface area contributed by atoms with Crippen molar-refractivity contribution in [1.82, 2.24) is 20.3 Å². The van der Waals surface area contributed by atoms with E-state index in [0.717, 1.165) is 56.7 Å². The maximum absolute atomic E-state index is 13.5. The van der Waals surface area contributed by atoms with Crippen molar-refractivity contribution in [2.24, 2.45) is 11.8 Å². The Morgan fingerprint density at radius 2 is 1.57 bits per heavy atom. The van der Waals surface area contributed by atoms with E-state index in [-0.39, 0.29) is 11.7 Å². The standard InChI is InChI=1S/C30H32N4O3/c1-7-17-15(5)21-9-18-12(2)8-24(31-18)26-27(30(36)37)29(35)25-16(6)22(34-28(25)26)10-19-13(3)14(4)20(32-19)11-23(17)33-21/h9-12,27,31-34H,7-8H2,1-6H3,(H,36,37)/b18-9-,19-10-,20-11-,26-24-/t12-,27+/m0/s1. The van der Waals surface area contributed by atoms with Crippen molar-refractivity contribution in [2.45, 2.75) is 54.4 Å². The van der Waals surface area contributed by atoms with E-state index in [2.05, 4.69) is 67.0 Å². The quantitative estimate of drug-likeness (QED) is 0.348. The topological polar surface area (TPSA) is 114 Å². The highest BCUT2D eigenvalue weighted by atomic mass is 16.4. The summed E-state index contributed by atoms with van der Waals surface area (Å²) in [7, 11) is 0. The second-order valence-corrected chi connectivity index (χ2v) is 10.7. The summed E-state index contributed by atoms with van der Waals surface area (Å²) in [4.78, 5) is 36.4. The number of Topliss-reactive ketones (excluding diaryl/α,β-unsaturated/α-hetero) is 1. The fourth-order valence-electron chi connectivity index (χ4n) is 6.24. The van der Waals surface area contributed by atoms with Crippen LogP contribution in [0, 0.1) is 39.5 Å². The van der Waals surface area contributed by atoms with Crippen LogP contribution < -0.4 is 16.0 Å². The number of fused-ring (bicyclic) bond motifs is 7. The Morgan fingerprint density at radius 1 is 0.919 bits per heavy atom. The highest BCUT2D eigenvalue weighted by Gasteiger charge is 2.46. The Hall–Kier alpha value is -4.00. The molecule has 6 rings (SSSR count). The number of H-pyrrole nitrogens is 3. The zero-order valence-corrected chi connectivity index (χ0v) is 22.1. The van der Waals surface area contributed by atoms with Gasteiger partial charge in [0.05, 0.1) is 5.69 Å². The van der Waals surface area contributed by atoms with Crippen LogP contribution >= 0.6 is 0 Å². The van der Waals surface area contributed by atoms with Gasteiger partial charge in [0, 0.05) is 56.2 Å². The van der Waals surface area contributed by atoms with Gasteiger partial charge in [0.1, 0.15) is 5.92 Å². The van der Waals surface area contributed by atoms with E-state index in [1.165, 1.54) is 16.7 Å². The molecular weight excluding hydrogens is 464 g/mol. The van der Waals surface area contributed by atoms with Crippen molar-refractivity contribution in [3.05, 3.63) is 78.2 Å². The largest absolute Gasteiger partial charge is 0.480 e. The van der Waals surface area contributed by atoms with Gasteiger partial charge in [0.25, 0.3) is 0 Å². The van der Waals surface area contributed by atoms with Crippen LogP contribution in [-0.2, 0) is 11.2 Å². The molecule has 0 saturated carbocycles. The molecule has 1 saturated heterocycles. The van der Waals surface area contributed by atoms with E-state index in [4.69, 9.17) is 0 Å². The fourth-order valence-corrected chi connectivity index (χ4v) is 6.24. The number of carboxylic acids is 1. The summed E-state index contributed by atoms with van der Waals surface area (Å²) in [6.07, 6.45) is 7.92. The first-order chi connectivity index (χ1) is 17.6. The van der Waals surface area contributed by atoms with Crippen LogP contribution in [0.5, 0.6) is 0 Å². The molecule has 0 unspecified atom stereocenters. The van der Waals surface area contributed by atoms with Gasteiger partial charge in [-0.2, -0.15) is 0 Å². The Kier molecular flexibility index (Phi) is 5.06. The summed E-state index contributed by atoms with van der Waals surface area (Å²) in [5.74, 6) is -2.51. The molecule has 8 bridgehead atoms. The third-order valence-corrected chi connectivity index (χ3v) is 8.59. The lowest BCUT2D eigenvalue weighted by molar-refractivity contribution is -0.138. The average molecular weight is 497 g/mol. The predicted octanol–water partition coefficient (Wildman–Crippen LogP) is 3.72. The number of allylic oxidation sites excluding steroid dienone is 2. The molecule has 7 nitrogen and oxygen atoms in total. The van der Waals surface area contributed by atoms with Gasteiger partial charge >= 0.3 is 5.97 Å². The predicted molar refractivity (Wildman–Crippen MR) is 144 cm³/mol. The van der Waals surface area contributed by atoms with Crippen LogP contribution in [0.15, 0.2) is 11.4 Å². The molecule has 190 valence electrons. The molecule has 3 aromatic heterocycles. The minimum Gasteiger partial charge on any atom is -0.480 e. The Balaban J connectivity index is 1.72. The van der Waals surface area contributed by atoms with Gasteiger partial charge in [-0.25, -0.2) is 0 Å². The second-order valence-electron chi connectivity index (χ2n) is 10.7. The number of aliphatic carboxylic acids is 1. The summed E-state index contributed by atoms with van der Waals surface area (Å²) >= 11 is 0. The number of nitrogens with one attached hydrogen (secondary N) is 4. The van der Waals surface area contributed by atoms with Gasteiger partial charge in [-0.05, 0) is 86.6 Å². The third kappa shape index (κ3) is 3.26. The zero-order chi connectivity index (χ0) is 26.3. The lowest BCUT2D eigenvalue weighted by Crippen LogP contribution is -2.22. The minimum atomic E-state index is -1.21. The number of carboxylic acid groups (broad SMARTS) is 1. The van der Waals surface area contributed by atoms with Gasteiger partial charge in [0.2, 0.25) is 0 Å². The molecule has 5 heterocycles. The lowest BCUT2D eigenvalue weighted by atomic mass is 9.95. The van der Waals surface area contributed by atoms with Crippen LogP contribution in [0.4, 0.5) is 0 Å². The fraction of sp³-hybridized carbons (Fsp3) is 0.333.